The molecule has 37 heavy (non-hydrogen) atoms. The molecule has 2 atom stereocenters. The Morgan fingerprint density at radius 2 is 1.68 bits per heavy atom. The molecular formula is C22H17F7N4O3S. The van der Waals surface area contributed by atoms with Crippen LogP contribution in [0.25, 0.3) is 5.69 Å². The summed E-state index contributed by atoms with van der Waals surface area (Å²) in [7, 11) is -3.98. The number of carbonyl (C=O) groups is 1. The van der Waals surface area contributed by atoms with Crippen LogP contribution in [-0.2, 0) is 33.5 Å². The third kappa shape index (κ3) is 5.45. The van der Waals surface area contributed by atoms with Crippen LogP contribution < -0.4 is 5.32 Å². The minimum Gasteiger partial charge on any atom is -0.352 e. The number of hydrogen-bond acceptors (Lipinski definition) is 5. The summed E-state index contributed by atoms with van der Waals surface area (Å²) in [5.41, 5.74) is -3.28. The first-order chi connectivity index (χ1) is 17.2. The fourth-order valence-corrected chi connectivity index (χ4v) is 5.86. The molecule has 2 heterocycles. The Kier molecular flexibility index (Phi) is 6.77. The zero-order valence-corrected chi connectivity index (χ0v) is 19.3. The van der Waals surface area contributed by atoms with Crippen molar-refractivity contribution in [2.75, 3.05) is 0 Å². The monoisotopic (exact) mass is 550 g/mol. The molecule has 1 fully saturated rings. The Balaban J connectivity index is 1.51. The number of halogens is 7. The summed E-state index contributed by atoms with van der Waals surface area (Å²) in [6, 6.07) is 5.54. The van der Waals surface area contributed by atoms with Gasteiger partial charge in [-0.2, -0.15) is 31.4 Å². The van der Waals surface area contributed by atoms with Crippen LogP contribution in [0.3, 0.4) is 0 Å². The molecule has 1 aromatic carbocycles. The van der Waals surface area contributed by atoms with Crippen molar-refractivity contribution in [2.24, 2.45) is 5.92 Å². The summed E-state index contributed by atoms with van der Waals surface area (Å²) < 4.78 is 118. The van der Waals surface area contributed by atoms with Crippen molar-refractivity contribution in [1.82, 2.24) is 20.1 Å². The van der Waals surface area contributed by atoms with E-state index in [1.165, 1.54) is 0 Å². The highest BCUT2D eigenvalue weighted by Crippen LogP contribution is 2.37. The lowest BCUT2D eigenvalue weighted by atomic mass is 9.84. The van der Waals surface area contributed by atoms with Crippen LogP contribution in [-0.4, -0.2) is 34.3 Å². The second kappa shape index (κ2) is 9.43. The Morgan fingerprint density at radius 1 is 1.00 bits per heavy atom. The number of rotatable bonds is 6. The molecule has 4 rings (SSSR count). The Morgan fingerprint density at radius 3 is 2.19 bits per heavy atom. The normalized spacial score (nSPS) is 18.4. The summed E-state index contributed by atoms with van der Waals surface area (Å²) in [5, 5.41) is 4.56. The van der Waals surface area contributed by atoms with Crippen LogP contribution in [0.1, 0.15) is 29.8 Å². The maximum absolute atomic E-state index is 13.5. The molecule has 2 aromatic heterocycles. The van der Waals surface area contributed by atoms with E-state index in [1.807, 2.05) is 0 Å². The number of nitrogens with one attached hydrogen (secondary N) is 1. The van der Waals surface area contributed by atoms with Crippen LogP contribution in [0, 0.1) is 11.7 Å². The van der Waals surface area contributed by atoms with Crippen molar-refractivity contribution < 1.29 is 43.9 Å². The first kappa shape index (κ1) is 26.6. The second-order valence-electron chi connectivity index (χ2n) is 8.28. The van der Waals surface area contributed by atoms with Gasteiger partial charge in [-0.15, -0.1) is 0 Å². The maximum Gasteiger partial charge on any atom is 0.435 e. The van der Waals surface area contributed by atoms with Gasteiger partial charge in [0.25, 0.3) is 0 Å². The van der Waals surface area contributed by atoms with Crippen LogP contribution >= 0.6 is 0 Å². The van der Waals surface area contributed by atoms with E-state index in [1.54, 1.807) is 0 Å². The van der Waals surface area contributed by atoms with Gasteiger partial charge in [0.1, 0.15) is 11.5 Å². The number of carbonyl (C=O) groups excluding carboxylic acids is 1. The molecule has 0 radical (unpaired) electrons. The molecular weight excluding hydrogens is 533 g/mol. The molecule has 3 aromatic rings. The molecule has 1 saturated carbocycles. The van der Waals surface area contributed by atoms with E-state index in [4.69, 9.17) is 0 Å². The molecule has 0 saturated heterocycles. The predicted molar refractivity (Wildman–Crippen MR) is 113 cm³/mol. The average molecular weight is 550 g/mol. The summed E-state index contributed by atoms with van der Waals surface area (Å²) in [4.78, 5) is 15.7. The number of nitrogens with zero attached hydrogens (tertiary/aromatic N) is 3. The van der Waals surface area contributed by atoms with E-state index in [0.717, 1.165) is 36.5 Å². The van der Waals surface area contributed by atoms with Gasteiger partial charge in [-0.25, -0.2) is 22.5 Å². The van der Waals surface area contributed by atoms with Crippen LogP contribution in [0.4, 0.5) is 30.7 Å². The van der Waals surface area contributed by atoms with Gasteiger partial charge in [-0.1, -0.05) is 0 Å². The molecule has 7 nitrogen and oxygen atoms in total. The van der Waals surface area contributed by atoms with Crippen molar-refractivity contribution >= 4 is 15.7 Å². The first-order valence-corrected chi connectivity index (χ1v) is 12.2. The zero-order valence-electron chi connectivity index (χ0n) is 18.5. The molecule has 2 unspecified atom stereocenters. The number of amides is 1. The number of hydrogen-bond donors (Lipinski definition) is 1. The lowest BCUT2D eigenvalue weighted by molar-refractivity contribution is -0.142. The minimum atomic E-state index is -4.95. The minimum absolute atomic E-state index is 0.143. The van der Waals surface area contributed by atoms with E-state index < -0.39 is 68.6 Å². The molecule has 1 N–H and O–H groups in total. The van der Waals surface area contributed by atoms with Crippen molar-refractivity contribution in [3.63, 3.8) is 0 Å². The maximum atomic E-state index is 13.5. The fraction of sp³-hybridized carbons (Fsp3) is 0.318. The number of aromatic nitrogens is 3. The first-order valence-electron chi connectivity index (χ1n) is 10.6. The number of benzene rings is 1. The van der Waals surface area contributed by atoms with Crippen molar-refractivity contribution in [3.05, 3.63) is 71.6 Å². The standard InChI is InChI=1S/C22H17F7N4O3S/c23-13-1-4-15(5-2-13)37(35,36)17-7-6-16(17)20(34)31-9-12-11-33(32-19(12)22(27,28)29)14-3-8-18(30-10-14)21(24,25)26/h1-5,8,10-11,16-17H,6-7,9H2,(H,31,34). The lowest BCUT2D eigenvalue weighted by Crippen LogP contribution is -2.47. The highest BCUT2D eigenvalue weighted by atomic mass is 32.2. The van der Waals surface area contributed by atoms with Crippen LogP contribution in [0.5, 0.6) is 0 Å². The summed E-state index contributed by atoms with van der Waals surface area (Å²) in [6.07, 6.45) is -7.77. The van der Waals surface area contributed by atoms with Gasteiger partial charge in [-0.3, -0.25) is 4.79 Å². The summed E-state index contributed by atoms with van der Waals surface area (Å²) in [6.45, 7) is -0.665. The highest BCUT2D eigenvalue weighted by Gasteiger charge is 2.46. The molecule has 0 aliphatic heterocycles. The molecule has 1 amide bonds. The highest BCUT2D eigenvalue weighted by molar-refractivity contribution is 7.92. The van der Waals surface area contributed by atoms with E-state index in [-0.39, 0.29) is 23.4 Å². The Labute approximate surface area is 205 Å². The van der Waals surface area contributed by atoms with Gasteiger partial charge in [0.15, 0.2) is 15.5 Å². The van der Waals surface area contributed by atoms with Gasteiger partial charge < -0.3 is 5.32 Å². The summed E-state index contributed by atoms with van der Waals surface area (Å²) in [5.74, 6) is -2.47. The van der Waals surface area contributed by atoms with E-state index in [9.17, 15) is 43.9 Å². The zero-order chi connectivity index (χ0) is 27.2. The average Bonchev–Trinajstić information content (AvgIpc) is 3.21. The molecule has 0 spiro atoms. The van der Waals surface area contributed by atoms with Crippen LogP contribution in [0.15, 0.2) is 53.7 Å². The number of alkyl halides is 6. The third-order valence-electron chi connectivity index (χ3n) is 5.90. The molecule has 0 bridgehead atoms. The lowest BCUT2D eigenvalue weighted by Gasteiger charge is -2.34. The van der Waals surface area contributed by atoms with Crippen molar-refractivity contribution in [3.8, 4) is 5.69 Å². The Bertz CT molecular complexity index is 1400. The van der Waals surface area contributed by atoms with Crippen LogP contribution in [0.2, 0.25) is 0 Å². The van der Waals surface area contributed by atoms with Gasteiger partial charge in [0.2, 0.25) is 5.91 Å². The fourth-order valence-electron chi connectivity index (χ4n) is 3.85. The molecule has 15 heteroatoms. The van der Waals surface area contributed by atoms with Gasteiger partial charge in [-0.05, 0) is 49.2 Å². The summed E-state index contributed by atoms with van der Waals surface area (Å²) >= 11 is 0. The number of sulfone groups is 1. The van der Waals surface area contributed by atoms with E-state index in [2.05, 4.69) is 15.4 Å². The largest absolute Gasteiger partial charge is 0.435 e. The van der Waals surface area contributed by atoms with Gasteiger partial charge >= 0.3 is 12.4 Å². The molecule has 1 aliphatic rings. The smallest absolute Gasteiger partial charge is 0.352 e. The quantitative estimate of drug-likeness (QED) is 0.365. The van der Waals surface area contributed by atoms with E-state index >= 15 is 0 Å². The van der Waals surface area contributed by atoms with Gasteiger partial charge in [0, 0.05) is 18.3 Å². The predicted octanol–water partition coefficient (Wildman–Crippen LogP) is 4.31. The SMILES string of the molecule is O=C(NCc1cn(-c2ccc(C(F)(F)F)nc2)nc1C(F)(F)F)C1CCC1S(=O)(=O)c1ccc(F)cc1. The van der Waals surface area contributed by atoms with Crippen molar-refractivity contribution in [1.29, 1.82) is 0 Å². The topological polar surface area (TPSA) is 93.9 Å². The molecule has 198 valence electrons. The second-order valence-corrected chi connectivity index (χ2v) is 10.5. The molecule has 1 aliphatic carbocycles. The Hall–Kier alpha value is -3.49. The van der Waals surface area contributed by atoms with E-state index in [0.29, 0.717) is 16.9 Å². The number of pyridine rings is 1. The third-order valence-corrected chi connectivity index (χ3v) is 8.19. The van der Waals surface area contributed by atoms with Gasteiger partial charge in [0.05, 0.1) is 27.9 Å². The van der Waals surface area contributed by atoms with Crippen molar-refractivity contribution in [2.45, 2.75) is 41.9 Å².